The van der Waals surface area contributed by atoms with E-state index in [1.54, 1.807) is 24.3 Å². The standard InChI is InChI=1S/C17H13ClN4O3S/c1-21-16(14(10-19-21)22(24)25)17(23)20-13-4-2-3-5-15(13)26-12-8-6-11(18)7-9-12/h2-10H,1H3,(H,20,23). The van der Waals surface area contributed by atoms with Crippen molar-refractivity contribution in [3.05, 3.63) is 75.6 Å². The van der Waals surface area contributed by atoms with Crippen LogP contribution < -0.4 is 5.32 Å². The lowest BCUT2D eigenvalue weighted by atomic mass is 10.3. The minimum Gasteiger partial charge on any atom is -0.319 e. The number of rotatable bonds is 5. The molecule has 1 aromatic heterocycles. The van der Waals surface area contributed by atoms with Crippen LogP contribution in [-0.4, -0.2) is 20.6 Å². The predicted octanol–water partition coefficient (Wildman–Crippen LogP) is 4.39. The van der Waals surface area contributed by atoms with Gasteiger partial charge in [0.25, 0.3) is 5.91 Å². The summed E-state index contributed by atoms with van der Waals surface area (Å²) in [5.74, 6) is -0.596. The van der Waals surface area contributed by atoms with Gasteiger partial charge in [-0.15, -0.1) is 0 Å². The second kappa shape index (κ2) is 7.59. The molecule has 7 nitrogen and oxygen atoms in total. The second-order valence-electron chi connectivity index (χ2n) is 5.27. The van der Waals surface area contributed by atoms with Crippen molar-refractivity contribution >= 4 is 40.6 Å². The van der Waals surface area contributed by atoms with Crippen molar-refractivity contribution in [2.45, 2.75) is 9.79 Å². The number of nitrogens with one attached hydrogen (secondary N) is 1. The van der Waals surface area contributed by atoms with Crippen molar-refractivity contribution in [2.24, 2.45) is 7.05 Å². The molecule has 0 radical (unpaired) electrons. The van der Waals surface area contributed by atoms with E-state index in [2.05, 4.69) is 10.4 Å². The molecule has 3 aromatic rings. The van der Waals surface area contributed by atoms with Crippen molar-refractivity contribution in [3.63, 3.8) is 0 Å². The molecule has 0 aliphatic rings. The van der Waals surface area contributed by atoms with E-state index in [0.29, 0.717) is 10.7 Å². The first-order valence-corrected chi connectivity index (χ1v) is 8.65. The molecular weight excluding hydrogens is 376 g/mol. The minimum atomic E-state index is -0.629. The summed E-state index contributed by atoms with van der Waals surface area (Å²) in [6.07, 6.45) is 1.06. The van der Waals surface area contributed by atoms with E-state index in [1.165, 1.54) is 23.5 Å². The van der Waals surface area contributed by atoms with Gasteiger partial charge >= 0.3 is 5.69 Å². The second-order valence-corrected chi connectivity index (χ2v) is 6.82. The number of benzene rings is 2. The summed E-state index contributed by atoms with van der Waals surface area (Å²) in [5, 5.41) is 18.2. The number of hydrogen-bond donors (Lipinski definition) is 1. The van der Waals surface area contributed by atoms with E-state index in [1.807, 2.05) is 24.3 Å². The fraction of sp³-hybridized carbons (Fsp3) is 0.0588. The van der Waals surface area contributed by atoms with Gasteiger partial charge in [-0.25, -0.2) is 0 Å². The average Bonchev–Trinajstić information content (AvgIpc) is 3.00. The number of aryl methyl sites for hydroxylation is 1. The Hall–Kier alpha value is -2.84. The third-order valence-corrected chi connectivity index (χ3v) is 4.84. The monoisotopic (exact) mass is 388 g/mol. The van der Waals surface area contributed by atoms with E-state index in [0.717, 1.165) is 16.0 Å². The number of para-hydroxylation sites is 1. The van der Waals surface area contributed by atoms with Crippen LogP contribution in [0.1, 0.15) is 10.5 Å². The minimum absolute atomic E-state index is 0.110. The van der Waals surface area contributed by atoms with Gasteiger partial charge in [-0.05, 0) is 36.4 Å². The van der Waals surface area contributed by atoms with Gasteiger partial charge in [-0.2, -0.15) is 5.10 Å². The number of halogens is 1. The smallest absolute Gasteiger partial charge is 0.319 e. The molecule has 1 N–H and O–H groups in total. The van der Waals surface area contributed by atoms with Gasteiger partial charge < -0.3 is 5.32 Å². The van der Waals surface area contributed by atoms with Crippen molar-refractivity contribution < 1.29 is 9.72 Å². The van der Waals surface area contributed by atoms with Crippen molar-refractivity contribution in [2.75, 3.05) is 5.32 Å². The lowest BCUT2D eigenvalue weighted by molar-refractivity contribution is -0.385. The van der Waals surface area contributed by atoms with Crippen LogP contribution in [0.5, 0.6) is 0 Å². The fourth-order valence-corrected chi connectivity index (χ4v) is 3.32. The van der Waals surface area contributed by atoms with Gasteiger partial charge in [0, 0.05) is 21.9 Å². The van der Waals surface area contributed by atoms with Crippen LogP contribution in [-0.2, 0) is 7.05 Å². The number of hydrogen-bond acceptors (Lipinski definition) is 5. The quantitative estimate of drug-likeness (QED) is 0.517. The highest BCUT2D eigenvalue weighted by Gasteiger charge is 2.26. The van der Waals surface area contributed by atoms with E-state index < -0.39 is 10.8 Å². The summed E-state index contributed by atoms with van der Waals surface area (Å²) in [7, 11) is 1.48. The summed E-state index contributed by atoms with van der Waals surface area (Å²) in [6, 6.07) is 14.5. The first-order valence-electron chi connectivity index (χ1n) is 7.46. The number of nitrogens with zero attached hydrogens (tertiary/aromatic N) is 3. The molecule has 3 rings (SSSR count). The van der Waals surface area contributed by atoms with Gasteiger partial charge in [0.2, 0.25) is 5.69 Å². The Balaban J connectivity index is 1.87. The molecule has 2 aromatic carbocycles. The predicted molar refractivity (Wildman–Crippen MR) is 99.8 cm³/mol. The number of carbonyl (C=O) groups is 1. The molecule has 0 saturated carbocycles. The van der Waals surface area contributed by atoms with Crippen LogP contribution in [0.25, 0.3) is 0 Å². The van der Waals surface area contributed by atoms with Gasteiger partial charge in [0.15, 0.2) is 0 Å². The SMILES string of the molecule is Cn1ncc([N+](=O)[O-])c1C(=O)Nc1ccccc1Sc1ccc(Cl)cc1. The van der Waals surface area contributed by atoms with Crippen LogP contribution in [0.4, 0.5) is 11.4 Å². The molecule has 0 aliphatic heterocycles. The van der Waals surface area contributed by atoms with Crippen LogP contribution in [0.15, 0.2) is 64.5 Å². The van der Waals surface area contributed by atoms with Crippen LogP contribution in [0.3, 0.4) is 0 Å². The lowest BCUT2D eigenvalue weighted by Gasteiger charge is -2.11. The van der Waals surface area contributed by atoms with Gasteiger partial charge in [-0.3, -0.25) is 19.6 Å². The molecule has 0 spiro atoms. The molecule has 1 amide bonds. The molecule has 0 aliphatic carbocycles. The van der Waals surface area contributed by atoms with E-state index in [4.69, 9.17) is 11.6 Å². The van der Waals surface area contributed by atoms with E-state index in [9.17, 15) is 14.9 Å². The summed E-state index contributed by atoms with van der Waals surface area (Å²) in [4.78, 5) is 24.8. The Kier molecular flexibility index (Phi) is 5.24. The van der Waals surface area contributed by atoms with E-state index >= 15 is 0 Å². The maximum absolute atomic E-state index is 12.6. The summed E-state index contributed by atoms with van der Waals surface area (Å²) >= 11 is 7.34. The number of amides is 1. The zero-order chi connectivity index (χ0) is 18.7. The molecule has 0 fully saturated rings. The van der Waals surface area contributed by atoms with Crippen molar-refractivity contribution in [1.82, 2.24) is 9.78 Å². The molecule has 1 heterocycles. The molecule has 0 saturated heterocycles. The van der Waals surface area contributed by atoms with E-state index in [-0.39, 0.29) is 11.4 Å². The Labute approximate surface area is 158 Å². The third kappa shape index (κ3) is 3.87. The fourth-order valence-electron chi connectivity index (χ4n) is 2.29. The molecular formula is C17H13ClN4O3S. The normalized spacial score (nSPS) is 10.5. The molecule has 9 heteroatoms. The summed E-state index contributed by atoms with van der Waals surface area (Å²) in [5.41, 5.74) is 0.0991. The molecule has 0 bridgehead atoms. The first kappa shape index (κ1) is 18.0. The number of carbonyl (C=O) groups excluding carboxylic acids is 1. The summed E-state index contributed by atoms with van der Waals surface area (Å²) in [6.45, 7) is 0. The maximum atomic E-state index is 12.6. The molecule has 26 heavy (non-hydrogen) atoms. The third-order valence-electron chi connectivity index (χ3n) is 3.51. The zero-order valence-electron chi connectivity index (χ0n) is 13.5. The van der Waals surface area contributed by atoms with Crippen LogP contribution in [0, 0.1) is 10.1 Å². The molecule has 0 atom stereocenters. The topological polar surface area (TPSA) is 90.1 Å². The molecule has 132 valence electrons. The summed E-state index contributed by atoms with van der Waals surface area (Å²) < 4.78 is 1.18. The van der Waals surface area contributed by atoms with Gasteiger partial charge in [0.05, 0.1) is 10.6 Å². The Morgan fingerprint density at radius 1 is 1.23 bits per heavy atom. The van der Waals surface area contributed by atoms with Crippen molar-refractivity contribution in [1.29, 1.82) is 0 Å². The highest BCUT2D eigenvalue weighted by molar-refractivity contribution is 7.99. The van der Waals surface area contributed by atoms with Crippen molar-refractivity contribution in [3.8, 4) is 0 Å². The van der Waals surface area contributed by atoms with Gasteiger partial charge in [-0.1, -0.05) is 35.5 Å². The lowest BCUT2D eigenvalue weighted by Crippen LogP contribution is -2.18. The Morgan fingerprint density at radius 2 is 1.92 bits per heavy atom. The average molecular weight is 389 g/mol. The number of anilines is 1. The Morgan fingerprint density at radius 3 is 2.62 bits per heavy atom. The Bertz CT molecular complexity index is 972. The van der Waals surface area contributed by atoms with Gasteiger partial charge in [0.1, 0.15) is 6.20 Å². The largest absolute Gasteiger partial charge is 0.320 e. The highest BCUT2D eigenvalue weighted by atomic mass is 35.5. The first-order chi connectivity index (χ1) is 12.5. The molecule has 0 unspecified atom stereocenters. The van der Waals surface area contributed by atoms with Crippen LogP contribution >= 0.6 is 23.4 Å². The maximum Gasteiger partial charge on any atom is 0.320 e. The number of nitro groups is 1. The zero-order valence-corrected chi connectivity index (χ0v) is 15.1. The highest BCUT2D eigenvalue weighted by Crippen LogP contribution is 2.34. The number of aromatic nitrogens is 2. The van der Waals surface area contributed by atoms with Crippen LogP contribution in [0.2, 0.25) is 5.02 Å².